The van der Waals surface area contributed by atoms with Gasteiger partial charge in [0.25, 0.3) is 0 Å². The number of amides is 1. The second kappa shape index (κ2) is 4.31. The van der Waals surface area contributed by atoms with E-state index in [4.69, 9.17) is 5.14 Å². The fourth-order valence-corrected chi connectivity index (χ4v) is 2.95. The van der Waals surface area contributed by atoms with Crippen LogP contribution in [0.4, 0.5) is 0 Å². The lowest BCUT2D eigenvalue weighted by molar-refractivity contribution is -0.125. The summed E-state index contributed by atoms with van der Waals surface area (Å²) in [5, 5.41) is 10.8. The molecule has 0 radical (unpaired) electrons. The molecule has 6 nitrogen and oxygen atoms in total. The minimum Gasteiger partial charge on any atom is -0.355 e. The van der Waals surface area contributed by atoms with Gasteiger partial charge in [-0.25, -0.2) is 13.6 Å². The van der Waals surface area contributed by atoms with E-state index in [0.717, 1.165) is 19.3 Å². The van der Waals surface area contributed by atoms with Crippen LogP contribution in [0, 0.1) is 5.92 Å². The Kier molecular flexibility index (Phi) is 3.18. The van der Waals surface area contributed by atoms with Gasteiger partial charge < -0.3 is 10.6 Å². The van der Waals surface area contributed by atoms with E-state index in [1.165, 1.54) is 0 Å². The van der Waals surface area contributed by atoms with Crippen molar-refractivity contribution in [3.05, 3.63) is 0 Å². The molecule has 0 aromatic heterocycles. The molecule has 2 heterocycles. The highest BCUT2D eigenvalue weighted by molar-refractivity contribution is 7.89. The fraction of sp³-hybridized carbons (Fsp3) is 0.889. The van der Waals surface area contributed by atoms with Crippen LogP contribution < -0.4 is 15.8 Å². The van der Waals surface area contributed by atoms with E-state index in [1.807, 2.05) is 0 Å². The smallest absolute Gasteiger partial charge is 0.224 e. The predicted octanol–water partition coefficient (Wildman–Crippen LogP) is -1.47. The standard InChI is InChI=1S/C9H17N3O3S/c10-16(14,15)4-3-11-9(13)7-5-6-1-2-8(7)12-6/h6-8,12H,1-5H2,(H,11,13)(H2,10,14,15). The van der Waals surface area contributed by atoms with Gasteiger partial charge in [-0.1, -0.05) is 0 Å². The van der Waals surface area contributed by atoms with Crippen LogP contribution in [0.3, 0.4) is 0 Å². The van der Waals surface area contributed by atoms with E-state index >= 15 is 0 Å². The zero-order chi connectivity index (χ0) is 11.8. The van der Waals surface area contributed by atoms with Crippen molar-refractivity contribution in [3.8, 4) is 0 Å². The molecular weight excluding hydrogens is 230 g/mol. The number of hydrogen-bond acceptors (Lipinski definition) is 4. The Labute approximate surface area is 95.0 Å². The van der Waals surface area contributed by atoms with E-state index < -0.39 is 10.0 Å². The van der Waals surface area contributed by atoms with E-state index in [-0.39, 0.29) is 30.2 Å². The molecule has 0 aliphatic carbocycles. The van der Waals surface area contributed by atoms with Crippen LogP contribution in [0.25, 0.3) is 0 Å². The van der Waals surface area contributed by atoms with Crippen LogP contribution in [0.5, 0.6) is 0 Å². The van der Waals surface area contributed by atoms with Crippen molar-refractivity contribution < 1.29 is 13.2 Å². The van der Waals surface area contributed by atoms with Gasteiger partial charge in [0, 0.05) is 18.6 Å². The van der Waals surface area contributed by atoms with Crippen molar-refractivity contribution in [2.75, 3.05) is 12.3 Å². The largest absolute Gasteiger partial charge is 0.355 e. The monoisotopic (exact) mass is 247 g/mol. The lowest BCUT2D eigenvalue weighted by atomic mass is 9.88. The average Bonchev–Trinajstić information content (AvgIpc) is 2.76. The maximum absolute atomic E-state index is 11.7. The molecule has 0 aromatic rings. The molecule has 3 atom stereocenters. The van der Waals surface area contributed by atoms with E-state index in [1.54, 1.807) is 0 Å². The second-order valence-corrected chi connectivity index (χ2v) is 6.28. The van der Waals surface area contributed by atoms with E-state index in [2.05, 4.69) is 10.6 Å². The molecule has 2 aliphatic heterocycles. The third-order valence-corrected chi connectivity index (χ3v) is 4.10. The highest BCUT2D eigenvalue weighted by Crippen LogP contribution is 2.33. The Morgan fingerprint density at radius 1 is 1.44 bits per heavy atom. The number of hydrogen-bond donors (Lipinski definition) is 3. The molecule has 92 valence electrons. The van der Waals surface area contributed by atoms with Crippen molar-refractivity contribution in [3.63, 3.8) is 0 Å². The van der Waals surface area contributed by atoms with Crippen molar-refractivity contribution in [2.45, 2.75) is 31.3 Å². The number of carbonyl (C=O) groups is 1. The Morgan fingerprint density at radius 3 is 2.69 bits per heavy atom. The number of sulfonamides is 1. The Bertz CT molecular complexity index is 381. The topological polar surface area (TPSA) is 101 Å². The highest BCUT2D eigenvalue weighted by Gasteiger charge is 2.42. The molecule has 2 bridgehead atoms. The Morgan fingerprint density at radius 2 is 2.19 bits per heavy atom. The zero-order valence-electron chi connectivity index (χ0n) is 8.98. The lowest BCUT2D eigenvalue weighted by Crippen LogP contribution is -2.40. The van der Waals surface area contributed by atoms with Crippen molar-refractivity contribution >= 4 is 15.9 Å². The van der Waals surface area contributed by atoms with Crippen LogP contribution in [-0.4, -0.2) is 38.7 Å². The number of fused-ring (bicyclic) bond motifs is 2. The van der Waals surface area contributed by atoms with Crippen molar-refractivity contribution in [1.82, 2.24) is 10.6 Å². The van der Waals surface area contributed by atoms with E-state index in [9.17, 15) is 13.2 Å². The molecule has 1 amide bonds. The summed E-state index contributed by atoms with van der Waals surface area (Å²) in [6.07, 6.45) is 3.05. The van der Waals surface area contributed by atoms with Gasteiger partial charge in [0.15, 0.2) is 0 Å². The van der Waals surface area contributed by atoms with Crippen LogP contribution in [0.15, 0.2) is 0 Å². The second-order valence-electron chi connectivity index (χ2n) is 4.55. The predicted molar refractivity (Wildman–Crippen MR) is 59.0 cm³/mol. The summed E-state index contributed by atoms with van der Waals surface area (Å²) in [6.45, 7) is 0.103. The molecule has 0 saturated carbocycles. The minimum atomic E-state index is -3.48. The summed E-state index contributed by atoms with van der Waals surface area (Å²) in [4.78, 5) is 11.7. The molecule has 0 spiro atoms. The summed E-state index contributed by atoms with van der Waals surface area (Å²) < 4.78 is 21.4. The van der Waals surface area contributed by atoms with Gasteiger partial charge in [-0.3, -0.25) is 4.79 Å². The molecule has 0 aromatic carbocycles. The first kappa shape index (κ1) is 11.8. The quantitative estimate of drug-likeness (QED) is 0.564. The lowest BCUT2D eigenvalue weighted by Gasteiger charge is -2.19. The van der Waals surface area contributed by atoms with Crippen molar-refractivity contribution in [1.29, 1.82) is 0 Å². The van der Waals surface area contributed by atoms with Gasteiger partial charge in [0.2, 0.25) is 15.9 Å². The molecule has 2 saturated heterocycles. The van der Waals surface area contributed by atoms with Gasteiger partial charge >= 0.3 is 0 Å². The molecule has 3 unspecified atom stereocenters. The molecule has 2 fully saturated rings. The van der Waals surface area contributed by atoms with Crippen LogP contribution in [-0.2, 0) is 14.8 Å². The fourth-order valence-electron chi connectivity index (χ4n) is 2.56. The molecule has 2 rings (SSSR count). The molecule has 16 heavy (non-hydrogen) atoms. The molecule has 2 aliphatic rings. The minimum absolute atomic E-state index is 0.000714. The third kappa shape index (κ3) is 2.72. The van der Waals surface area contributed by atoms with Gasteiger partial charge in [-0.2, -0.15) is 0 Å². The van der Waals surface area contributed by atoms with Crippen LogP contribution >= 0.6 is 0 Å². The first-order chi connectivity index (χ1) is 7.46. The molecular formula is C9H17N3O3S. The number of nitrogens with one attached hydrogen (secondary N) is 2. The van der Waals surface area contributed by atoms with Crippen molar-refractivity contribution in [2.24, 2.45) is 11.1 Å². The number of rotatable bonds is 4. The number of nitrogens with two attached hydrogens (primary N) is 1. The first-order valence-electron chi connectivity index (χ1n) is 5.50. The summed E-state index contributed by atoms with van der Waals surface area (Å²) >= 11 is 0. The normalized spacial score (nSPS) is 32.9. The summed E-state index contributed by atoms with van der Waals surface area (Å²) in [6, 6.07) is 0.749. The zero-order valence-corrected chi connectivity index (χ0v) is 9.79. The van der Waals surface area contributed by atoms with Gasteiger partial charge in [0.05, 0.1) is 11.7 Å². The summed E-state index contributed by atoms with van der Waals surface area (Å²) in [7, 11) is -3.48. The SMILES string of the molecule is NS(=O)(=O)CCNC(=O)C1CC2CCC1N2. The summed E-state index contributed by atoms with van der Waals surface area (Å²) in [5.41, 5.74) is 0. The number of carbonyl (C=O) groups excluding carboxylic acids is 1. The van der Waals surface area contributed by atoms with Gasteiger partial charge in [0.1, 0.15) is 0 Å². The maximum atomic E-state index is 11.7. The Balaban J connectivity index is 1.77. The molecule has 7 heteroatoms. The third-order valence-electron chi connectivity index (χ3n) is 3.32. The molecule has 4 N–H and O–H groups in total. The van der Waals surface area contributed by atoms with Crippen LogP contribution in [0.1, 0.15) is 19.3 Å². The number of primary sulfonamides is 1. The first-order valence-corrected chi connectivity index (χ1v) is 7.21. The Hall–Kier alpha value is -0.660. The van der Waals surface area contributed by atoms with Gasteiger partial charge in [-0.15, -0.1) is 0 Å². The maximum Gasteiger partial charge on any atom is 0.224 e. The van der Waals surface area contributed by atoms with E-state index in [0.29, 0.717) is 6.04 Å². The highest BCUT2D eigenvalue weighted by atomic mass is 32.2. The average molecular weight is 247 g/mol. The van der Waals surface area contributed by atoms with Crippen LogP contribution in [0.2, 0.25) is 0 Å². The van der Waals surface area contributed by atoms with Gasteiger partial charge in [-0.05, 0) is 19.3 Å². The summed E-state index contributed by atoms with van der Waals surface area (Å²) in [5.74, 6) is -0.255.